The predicted molar refractivity (Wildman–Crippen MR) is 106 cm³/mol. The molecule has 0 atom stereocenters. The van der Waals surface area contributed by atoms with Gasteiger partial charge in [-0.15, -0.1) is 0 Å². The lowest BCUT2D eigenvalue weighted by atomic mass is 9.88. The average Bonchev–Trinajstić information content (AvgIpc) is 2.57. The van der Waals surface area contributed by atoms with Gasteiger partial charge in [-0.05, 0) is 43.2 Å². The van der Waals surface area contributed by atoms with E-state index in [0.29, 0.717) is 18.2 Å². The van der Waals surface area contributed by atoms with E-state index in [0.717, 1.165) is 31.2 Å². The number of benzene rings is 1. The maximum atomic E-state index is 12.3. The van der Waals surface area contributed by atoms with Crippen LogP contribution in [0.3, 0.4) is 0 Å². The summed E-state index contributed by atoms with van der Waals surface area (Å²) in [7, 11) is -2.03. The fraction of sp³-hybridized carbons (Fsp3) is 0.579. The number of rotatable bonds is 7. The largest absolute Gasteiger partial charge is 0.342 e. The van der Waals surface area contributed by atoms with Crippen LogP contribution in [0.15, 0.2) is 24.3 Å². The molecule has 1 aliphatic rings. The molecule has 1 aromatic rings. The topological polar surface area (TPSA) is 95.6 Å². The number of carbonyl (C=O) groups is 2. The molecule has 2 N–H and O–H groups in total. The molecule has 1 aliphatic carbocycles. The number of amides is 2. The lowest BCUT2D eigenvalue weighted by Crippen LogP contribution is -2.41. The summed E-state index contributed by atoms with van der Waals surface area (Å²) in [6.07, 6.45) is 3.61. The zero-order valence-corrected chi connectivity index (χ0v) is 17.0. The van der Waals surface area contributed by atoms with Crippen LogP contribution < -0.4 is 10.0 Å². The van der Waals surface area contributed by atoms with Crippen molar-refractivity contribution in [3.63, 3.8) is 0 Å². The van der Waals surface area contributed by atoms with Crippen molar-refractivity contribution >= 4 is 27.5 Å². The Kier molecular flexibility index (Phi) is 7.38. The van der Waals surface area contributed by atoms with Crippen molar-refractivity contribution in [2.45, 2.75) is 52.1 Å². The van der Waals surface area contributed by atoms with Crippen LogP contribution in [0.25, 0.3) is 0 Å². The Hall–Kier alpha value is -1.93. The van der Waals surface area contributed by atoms with Crippen LogP contribution in [0, 0.1) is 5.92 Å². The molecular weight excluding hydrogens is 366 g/mol. The average molecular weight is 396 g/mol. The molecule has 7 nitrogen and oxygen atoms in total. The van der Waals surface area contributed by atoms with Gasteiger partial charge in [-0.1, -0.05) is 25.1 Å². The maximum absolute atomic E-state index is 12.3. The van der Waals surface area contributed by atoms with Gasteiger partial charge >= 0.3 is 0 Å². The van der Waals surface area contributed by atoms with Gasteiger partial charge in [0.05, 0.1) is 0 Å². The molecule has 0 bridgehead atoms. The summed E-state index contributed by atoms with van der Waals surface area (Å²) in [4.78, 5) is 25.2. The van der Waals surface area contributed by atoms with E-state index in [9.17, 15) is 18.0 Å². The minimum Gasteiger partial charge on any atom is -0.342 e. The number of sulfonamides is 1. The Morgan fingerprint density at radius 2 is 1.78 bits per heavy atom. The Morgan fingerprint density at radius 1 is 1.15 bits per heavy atom. The first-order valence-corrected chi connectivity index (χ1v) is 10.9. The molecule has 0 saturated heterocycles. The summed E-state index contributed by atoms with van der Waals surface area (Å²) in [6.45, 7) is 3.96. The highest BCUT2D eigenvalue weighted by Gasteiger charge is 2.25. The number of carbonyl (C=O) groups excluding carboxylic acids is 2. The van der Waals surface area contributed by atoms with E-state index in [1.807, 2.05) is 0 Å². The molecule has 27 heavy (non-hydrogen) atoms. The number of nitrogens with one attached hydrogen (secondary N) is 2. The van der Waals surface area contributed by atoms with Gasteiger partial charge in [0.2, 0.25) is 21.8 Å². The van der Waals surface area contributed by atoms with Gasteiger partial charge in [-0.3, -0.25) is 9.59 Å². The highest BCUT2D eigenvalue weighted by molar-refractivity contribution is 7.90. The zero-order chi connectivity index (χ0) is 20.0. The number of hydrogen-bond acceptors (Lipinski definition) is 4. The Bertz CT molecular complexity index is 771. The van der Waals surface area contributed by atoms with Crippen molar-refractivity contribution in [2.75, 3.05) is 18.1 Å². The molecule has 0 aliphatic heterocycles. The van der Waals surface area contributed by atoms with Crippen LogP contribution in [-0.2, 0) is 26.2 Å². The fourth-order valence-electron chi connectivity index (χ4n) is 3.18. The quantitative estimate of drug-likeness (QED) is 0.739. The van der Waals surface area contributed by atoms with Crippen LogP contribution in [-0.4, -0.2) is 44.0 Å². The first-order valence-electron chi connectivity index (χ1n) is 9.25. The Labute approximate surface area is 161 Å². The van der Waals surface area contributed by atoms with Crippen LogP contribution in [0.1, 0.15) is 45.1 Å². The zero-order valence-electron chi connectivity index (χ0n) is 16.2. The van der Waals surface area contributed by atoms with E-state index >= 15 is 0 Å². The fourth-order valence-corrected chi connectivity index (χ4v) is 4.42. The van der Waals surface area contributed by atoms with Crippen molar-refractivity contribution in [2.24, 2.45) is 5.92 Å². The standard InChI is InChI=1S/C19H29N3O4S/c1-14-8-10-17(11-9-14)21-27(25,26)13-19(24)20-18-7-5-4-6-16(18)12-22(3)15(2)23/h4-7,14,17,21H,8-13H2,1-3H3,(H,20,24). The van der Waals surface area contributed by atoms with Gasteiger partial charge in [0.1, 0.15) is 5.75 Å². The third-order valence-electron chi connectivity index (χ3n) is 4.92. The summed E-state index contributed by atoms with van der Waals surface area (Å²) >= 11 is 0. The summed E-state index contributed by atoms with van der Waals surface area (Å²) in [5.41, 5.74) is 1.26. The van der Waals surface area contributed by atoms with Crippen LogP contribution >= 0.6 is 0 Å². The molecule has 0 radical (unpaired) electrons. The first kappa shape index (κ1) is 21.4. The minimum atomic E-state index is -3.69. The van der Waals surface area contributed by atoms with Gasteiger partial charge in [-0.25, -0.2) is 13.1 Å². The Morgan fingerprint density at radius 3 is 2.41 bits per heavy atom. The first-order chi connectivity index (χ1) is 12.7. The van der Waals surface area contributed by atoms with E-state index in [-0.39, 0.29) is 11.9 Å². The normalized spacial score (nSPS) is 20.1. The molecule has 150 valence electrons. The van der Waals surface area contributed by atoms with E-state index < -0.39 is 21.7 Å². The van der Waals surface area contributed by atoms with Crippen LogP contribution in [0.4, 0.5) is 5.69 Å². The molecule has 0 aromatic heterocycles. The molecule has 2 rings (SSSR count). The van der Waals surface area contributed by atoms with Gasteiger partial charge in [0.15, 0.2) is 0 Å². The number of nitrogens with zero attached hydrogens (tertiary/aromatic N) is 1. The van der Waals surface area contributed by atoms with Gasteiger partial charge < -0.3 is 10.2 Å². The third kappa shape index (κ3) is 6.95. The van der Waals surface area contributed by atoms with Crippen molar-refractivity contribution < 1.29 is 18.0 Å². The summed E-state index contributed by atoms with van der Waals surface area (Å²) in [6, 6.07) is 6.97. The van der Waals surface area contributed by atoms with Crippen molar-refractivity contribution in [3.8, 4) is 0 Å². The second-order valence-corrected chi connectivity index (χ2v) is 9.17. The minimum absolute atomic E-state index is 0.0875. The Balaban J connectivity index is 1.96. The van der Waals surface area contributed by atoms with Gasteiger partial charge in [0, 0.05) is 32.2 Å². The summed E-state index contributed by atoms with van der Waals surface area (Å²) in [5, 5.41) is 2.66. The summed E-state index contributed by atoms with van der Waals surface area (Å²) < 4.78 is 27.3. The van der Waals surface area contributed by atoms with Crippen molar-refractivity contribution in [1.82, 2.24) is 9.62 Å². The molecule has 0 heterocycles. The van der Waals surface area contributed by atoms with Gasteiger partial charge in [-0.2, -0.15) is 0 Å². The van der Waals surface area contributed by atoms with E-state index in [1.54, 1.807) is 31.3 Å². The molecule has 0 unspecified atom stereocenters. The SMILES string of the molecule is CC(=O)N(C)Cc1ccccc1NC(=O)CS(=O)(=O)NC1CCC(C)CC1. The lowest BCUT2D eigenvalue weighted by Gasteiger charge is -2.26. The van der Waals surface area contributed by atoms with Crippen LogP contribution in [0.5, 0.6) is 0 Å². The molecule has 1 saturated carbocycles. The van der Waals surface area contributed by atoms with E-state index in [2.05, 4.69) is 17.0 Å². The van der Waals surface area contributed by atoms with Gasteiger partial charge in [0.25, 0.3) is 0 Å². The lowest BCUT2D eigenvalue weighted by molar-refractivity contribution is -0.128. The second-order valence-electron chi connectivity index (χ2n) is 7.41. The highest BCUT2D eigenvalue weighted by Crippen LogP contribution is 2.24. The molecule has 0 spiro atoms. The smallest absolute Gasteiger partial charge is 0.241 e. The molecular formula is C19H29N3O4S. The van der Waals surface area contributed by atoms with Crippen LogP contribution in [0.2, 0.25) is 0 Å². The monoisotopic (exact) mass is 395 g/mol. The second kappa shape index (κ2) is 9.32. The summed E-state index contributed by atoms with van der Waals surface area (Å²) in [5.74, 6) is -0.677. The van der Waals surface area contributed by atoms with Crippen molar-refractivity contribution in [1.29, 1.82) is 0 Å². The molecule has 2 amide bonds. The highest BCUT2D eigenvalue weighted by atomic mass is 32.2. The predicted octanol–water partition coefficient (Wildman–Crippen LogP) is 2.10. The van der Waals surface area contributed by atoms with E-state index in [1.165, 1.54) is 11.8 Å². The third-order valence-corrected chi connectivity index (χ3v) is 6.25. The molecule has 1 fully saturated rings. The molecule has 8 heteroatoms. The van der Waals surface area contributed by atoms with Crippen molar-refractivity contribution in [3.05, 3.63) is 29.8 Å². The number of anilines is 1. The van der Waals surface area contributed by atoms with E-state index in [4.69, 9.17) is 0 Å². The molecule has 1 aromatic carbocycles. The number of hydrogen-bond donors (Lipinski definition) is 2. The maximum Gasteiger partial charge on any atom is 0.241 e. The number of para-hydroxylation sites is 1.